The topological polar surface area (TPSA) is 53.6 Å². The second kappa shape index (κ2) is 7.61. The van der Waals surface area contributed by atoms with Gasteiger partial charge in [-0.15, -0.1) is 0 Å². The van der Waals surface area contributed by atoms with Gasteiger partial charge in [-0.25, -0.2) is 0 Å². The number of carbonyl (C=O) groups is 1. The maximum atomic E-state index is 12.1. The Hall–Kier alpha value is -1.11. The highest BCUT2D eigenvalue weighted by Gasteiger charge is 2.13. The average molecular weight is 342 g/mol. The molecule has 1 saturated heterocycles. The van der Waals surface area contributed by atoms with E-state index in [1.807, 2.05) is 6.07 Å². The highest BCUT2D eigenvalue weighted by molar-refractivity contribution is 9.10. The number of benzene rings is 1. The van der Waals surface area contributed by atoms with Crippen molar-refractivity contribution in [2.45, 2.75) is 0 Å². The fourth-order valence-corrected chi connectivity index (χ4v) is 2.55. The molecule has 1 fully saturated rings. The van der Waals surface area contributed by atoms with E-state index in [-0.39, 0.29) is 5.91 Å². The Labute approximate surface area is 127 Å². The number of halogens is 1. The first-order chi connectivity index (χ1) is 9.70. The van der Waals surface area contributed by atoms with Crippen molar-refractivity contribution in [2.75, 3.05) is 46.4 Å². The highest BCUT2D eigenvalue weighted by atomic mass is 79.9. The summed E-state index contributed by atoms with van der Waals surface area (Å²) in [6.07, 6.45) is 0. The third kappa shape index (κ3) is 4.19. The van der Waals surface area contributed by atoms with Crippen LogP contribution in [0.1, 0.15) is 10.4 Å². The zero-order valence-corrected chi connectivity index (χ0v) is 13.2. The molecule has 0 aliphatic carbocycles. The van der Waals surface area contributed by atoms with Crippen molar-refractivity contribution in [3.63, 3.8) is 0 Å². The van der Waals surface area contributed by atoms with E-state index in [9.17, 15) is 4.79 Å². The lowest BCUT2D eigenvalue weighted by molar-refractivity contribution is 0.0944. The average Bonchev–Trinajstić information content (AvgIpc) is 2.48. The third-order valence-electron chi connectivity index (χ3n) is 3.33. The molecule has 20 heavy (non-hydrogen) atoms. The van der Waals surface area contributed by atoms with Crippen LogP contribution in [0.5, 0.6) is 5.75 Å². The van der Waals surface area contributed by atoms with E-state index < -0.39 is 0 Å². The molecule has 110 valence electrons. The molecule has 0 unspecified atom stereocenters. The number of methoxy groups -OCH3 is 1. The van der Waals surface area contributed by atoms with Gasteiger partial charge in [-0.05, 0) is 18.2 Å². The lowest BCUT2D eigenvalue weighted by atomic mass is 10.2. The van der Waals surface area contributed by atoms with Crippen LogP contribution in [0.15, 0.2) is 22.7 Å². The zero-order valence-electron chi connectivity index (χ0n) is 11.6. The van der Waals surface area contributed by atoms with Crippen LogP contribution in [0, 0.1) is 0 Å². The molecule has 1 heterocycles. The van der Waals surface area contributed by atoms with Crippen molar-refractivity contribution >= 4 is 21.8 Å². The molecule has 0 saturated carbocycles. The first-order valence-electron chi connectivity index (χ1n) is 6.75. The molecular weight excluding hydrogens is 322 g/mol. The quantitative estimate of drug-likeness (QED) is 0.841. The van der Waals surface area contributed by atoms with Gasteiger partial charge >= 0.3 is 0 Å². The zero-order chi connectivity index (χ0) is 14.4. The van der Waals surface area contributed by atoms with Crippen molar-refractivity contribution in [1.29, 1.82) is 0 Å². The summed E-state index contributed by atoms with van der Waals surface area (Å²) in [5, 5.41) is 6.25. The molecule has 0 aromatic heterocycles. The number of nitrogens with zero attached hydrogens (tertiary/aromatic N) is 1. The molecular formula is C14H20BrN3O2. The molecule has 5 nitrogen and oxygen atoms in total. The number of carbonyl (C=O) groups excluding carboxylic acids is 1. The number of ether oxygens (including phenoxy) is 1. The maximum Gasteiger partial charge on any atom is 0.255 e. The largest absolute Gasteiger partial charge is 0.496 e. The van der Waals surface area contributed by atoms with Crippen molar-refractivity contribution in [2.24, 2.45) is 0 Å². The molecule has 1 aliphatic heterocycles. The van der Waals surface area contributed by atoms with Gasteiger partial charge < -0.3 is 15.4 Å². The standard InChI is InChI=1S/C14H20BrN3O2/c1-20-13-10-11(15)2-3-12(13)14(19)17-6-9-18-7-4-16-5-8-18/h2-3,10,16H,4-9H2,1H3,(H,17,19). The lowest BCUT2D eigenvalue weighted by Crippen LogP contribution is -2.46. The summed E-state index contributed by atoms with van der Waals surface area (Å²) in [6.45, 7) is 5.65. The predicted octanol–water partition coefficient (Wildman–Crippen LogP) is 1.09. The van der Waals surface area contributed by atoms with E-state index in [2.05, 4.69) is 31.5 Å². The Kier molecular flexibility index (Phi) is 5.82. The Bertz CT molecular complexity index is 462. The van der Waals surface area contributed by atoms with E-state index in [4.69, 9.17) is 4.74 Å². The monoisotopic (exact) mass is 341 g/mol. The summed E-state index contributed by atoms with van der Waals surface area (Å²) in [5.74, 6) is 0.489. The van der Waals surface area contributed by atoms with Crippen molar-refractivity contribution in [3.8, 4) is 5.75 Å². The van der Waals surface area contributed by atoms with Gasteiger partial charge in [-0.2, -0.15) is 0 Å². The second-order valence-electron chi connectivity index (χ2n) is 4.69. The first kappa shape index (κ1) is 15.3. The fourth-order valence-electron chi connectivity index (χ4n) is 2.21. The number of amides is 1. The minimum atomic E-state index is -0.0931. The molecule has 1 amide bonds. The summed E-state index contributed by atoms with van der Waals surface area (Å²) in [7, 11) is 1.57. The van der Waals surface area contributed by atoms with Gasteiger partial charge in [0, 0.05) is 43.7 Å². The normalized spacial score (nSPS) is 15.9. The van der Waals surface area contributed by atoms with Gasteiger partial charge in [0.25, 0.3) is 5.91 Å². The number of rotatable bonds is 5. The summed E-state index contributed by atoms with van der Waals surface area (Å²) in [5.41, 5.74) is 0.566. The Balaban J connectivity index is 1.85. The van der Waals surface area contributed by atoms with Gasteiger partial charge in [-0.3, -0.25) is 9.69 Å². The number of nitrogens with one attached hydrogen (secondary N) is 2. The smallest absolute Gasteiger partial charge is 0.255 e. The van der Waals surface area contributed by atoms with E-state index in [0.717, 1.165) is 37.2 Å². The molecule has 1 aromatic carbocycles. The number of piperazine rings is 1. The summed E-state index contributed by atoms with van der Waals surface area (Å²) in [4.78, 5) is 14.5. The van der Waals surface area contributed by atoms with Crippen molar-refractivity contribution < 1.29 is 9.53 Å². The molecule has 2 rings (SSSR count). The molecule has 1 aromatic rings. The molecule has 0 atom stereocenters. The van der Waals surface area contributed by atoms with Gasteiger partial charge in [0.05, 0.1) is 12.7 Å². The number of hydrogen-bond donors (Lipinski definition) is 2. The predicted molar refractivity (Wildman–Crippen MR) is 82.3 cm³/mol. The van der Waals surface area contributed by atoms with Crippen LogP contribution in [-0.4, -0.2) is 57.2 Å². The summed E-state index contributed by atoms with van der Waals surface area (Å²) in [6, 6.07) is 5.40. The van der Waals surface area contributed by atoms with Crippen LogP contribution < -0.4 is 15.4 Å². The molecule has 0 radical (unpaired) electrons. The van der Waals surface area contributed by atoms with Crippen LogP contribution in [-0.2, 0) is 0 Å². The summed E-state index contributed by atoms with van der Waals surface area (Å²) >= 11 is 3.37. The minimum Gasteiger partial charge on any atom is -0.496 e. The summed E-state index contributed by atoms with van der Waals surface area (Å²) < 4.78 is 6.13. The fraction of sp³-hybridized carbons (Fsp3) is 0.500. The molecule has 1 aliphatic rings. The van der Waals surface area contributed by atoms with Crippen molar-refractivity contribution in [3.05, 3.63) is 28.2 Å². The van der Waals surface area contributed by atoms with Crippen LogP contribution in [0.3, 0.4) is 0 Å². The van der Waals surface area contributed by atoms with Gasteiger partial charge in [0.15, 0.2) is 0 Å². The molecule has 2 N–H and O–H groups in total. The lowest BCUT2D eigenvalue weighted by Gasteiger charge is -2.27. The maximum absolute atomic E-state index is 12.1. The second-order valence-corrected chi connectivity index (χ2v) is 5.61. The van der Waals surface area contributed by atoms with Gasteiger partial charge in [0.1, 0.15) is 5.75 Å². The Morgan fingerprint density at radius 2 is 2.20 bits per heavy atom. The SMILES string of the molecule is COc1cc(Br)ccc1C(=O)NCCN1CCNCC1. The van der Waals surface area contributed by atoms with E-state index in [0.29, 0.717) is 17.9 Å². The minimum absolute atomic E-state index is 0.0931. The number of hydrogen-bond acceptors (Lipinski definition) is 4. The van der Waals surface area contributed by atoms with E-state index >= 15 is 0 Å². The Morgan fingerprint density at radius 3 is 2.90 bits per heavy atom. The van der Waals surface area contributed by atoms with Crippen LogP contribution >= 0.6 is 15.9 Å². The van der Waals surface area contributed by atoms with Gasteiger partial charge in [-0.1, -0.05) is 15.9 Å². The van der Waals surface area contributed by atoms with Crippen LogP contribution in [0.25, 0.3) is 0 Å². The molecule has 6 heteroatoms. The van der Waals surface area contributed by atoms with Crippen LogP contribution in [0.4, 0.5) is 0 Å². The highest BCUT2D eigenvalue weighted by Crippen LogP contribution is 2.23. The molecule has 0 bridgehead atoms. The first-order valence-corrected chi connectivity index (χ1v) is 7.55. The van der Waals surface area contributed by atoms with Gasteiger partial charge in [0.2, 0.25) is 0 Å². The van der Waals surface area contributed by atoms with E-state index in [1.165, 1.54) is 0 Å². The van der Waals surface area contributed by atoms with E-state index in [1.54, 1.807) is 19.2 Å². The molecule has 0 spiro atoms. The van der Waals surface area contributed by atoms with Crippen molar-refractivity contribution in [1.82, 2.24) is 15.5 Å². The van der Waals surface area contributed by atoms with Crippen LogP contribution in [0.2, 0.25) is 0 Å². The third-order valence-corrected chi connectivity index (χ3v) is 3.82. The Morgan fingerprint density at radius 1 is 1.45 bits per heavy atom.